The molecule has 1 aromatic carbocycles. The van der Waals surface area contributed by atoms with Crippen molar-refractivity contribution >= 4 is 11.6 Å². The van der Waals surface area contributed by atoms with Gasteiger partial charge in [0.2, 0.25) is 5.91 Å². The summed E-state index contributed by atoms with van der Waals surface area (Å²) in [5.41, 5.74) is 1.91. The summed E-state index contributed by atoms with van der Waals surface area (Å²) in [6, 6.07) is 5.93. The van der Waals surface area contributed by atoms with Gasteiger partial charge >= 0.3 is 0 Å². The zero-order valence-electron chi connectivity index (χ0n) is 13.1. The Morgan fingerprint density at radius 1 is 1.48 bits per heavy atom. The van der Waals surface area contributed by atoms with Crippen LogP contribution in [0.5, 0.6) is 5.75 Å². The summed E-state index contributed by atoms with van der Waals surface area (Å²) in [6.45, 7) is 2.59. The van der Waals surface area contributed by atoms with Crippen LogP contribution >= 0.6 is 0 Å². The predicted molar refractivity (Wildman–Crippen MR) is 84.6 cm³/mol. The summed E-state index contributed by atoms with van der Waals surface area (Å²) >= 11 is 0. The number of nitrogens with zero attached hydrogens (tertiary/aromatic N) is 1. The molecule has 1 heterocycles. The lowest BCUT2D eigenvalue weighted by molar-refractivity contribution is -0.120. The van der Waals surface area contributed by atoms with Crippen molar-refractivity contribution in [1.82, 2.24) is 10.2 Å². The number of carbonyl (C=O) groups excluding carboxylic acids is 1. The molecule has 2 N–H and O–H groups in total. The summed E-state index contributed by atoms with van der Waals surface area (Å²) in [6.07, 6.45) is 1.99. The fourth-order valence-corrected chi connectivity index (χ4v) is 2.63. The number of ether oxygens (including phenoxy) is 1. The minimum Gasteiger partial charge on any atom is -0.495 e. The van der Waals surface area contributed by atoms with E-state index in [9.17, 15) is 4.79 Å². The quantitative estimate of drug-likeness (QED) is 0.867. The molecule has 2 rings (SSSR count). The number of methoxy groups -OCH3 is 1. The minimum absolute atomic E-state index is 0.0426. The minimum atomic E-state index is 0.0426. The van der Waals surface area contributed by atoms with Crippen LogP contribution in [-0.4, -0.2) is 45.1 Å². The van der Waals surface area contributed by atoms with E-state index in [1.165, 1.54) is 0 Å². The van der Waals surface area contributed by atoms with Crippen LogP contribution in [0.15, 0.2) is 18.2 Å². The number of hydrogen-bond acceptors (Lipinski definition) is 4. The summed E-state index contributed by atoms with van der Waals surface area (Å²) in [5, 5.41) is 6.29. The summed E-state index contributed by atoms with van der Waals surface area (Å²) in [4.78, 5) is 14.4. The van der Waals surface area contributed by atoms with Crippen molar-refractivity contribution in [2.45, 2.75) is 19.4 Å². The van der Waals surface area contributed by atoms with Gasteiger partial charge in [-0.2, -0.15) is 0 Å². The molecule has 0 unspecified atom stereocenters. The highest BCUT2D eigenvalue weighted by Crippen LogP contribution is 2.27. The first kappa shape index (κ1) is 15.8. The fourth-order valence-electron chi connectivity index (χ4n) is 2.63. The first-order chi connectivity index (χ1) is 10.1. The van der Waals surface area contributed by atoms with Crippen LogP contribution in [0.1, 0.15) is 18.4 Å². The molecule has 1 atom stereocenters. The van der Waals surface area contributed by atoms with Crippen LogP contribution in [0.3, 0.4) is 0 Å². The molecule has 0 bridgehead atoms. The lowest BCUT2D eigenvalue weighted by Gasteiger charge is -2.22. The van der Waals surface area contributed by atoms with Crippen LogP contribution in [0.25, 0.3) is 0 Å². The van der Waals surface area contributed by atoms with Gasteiger partial charge in [0.25, 0.3) is 0 Å². The first-order valence-corrected chi connectivity index (χ1v) is 7.43. The van der Waals surface area contributed by atoms with E-state index in [4.69, 9.17) is 4.74 Å². The highest BCUT2D eigenvalue weighted by molar-refractivity contribution is 5.94. The molecule has 1 aliphatic rings. The van der Waals surface area contributed by atoms with Crippen LogP contribution < -0.4 is 15.4 Å². The molecule has 0 radical (unpaired) electrons. The van der Waals surface area contributed by atoms with Crippen LogP contribution in [0, 0.1) is 5.92 Å². The lowest BCUT2D eigenvalue weighted by atomic mass is 9.98. The molecule has 1 aliphatic heterocycles. The Kier molecular flexibility index (Phi) is 5.59. The van der Waals surface area contributed by atoms with E-state index >= 15 is 0 Å². The largest absolute Gasteiger partial charge is 0.495 e. The van der Waals surface area contributed by atoms with Crippen molar-refractivity contribution < 1.29 is 9.53 Å². The van der Waals surface area contributed by atoms with Gasteiger partial charge in [0.05, 0.1) is 18.7 Å². The zero-order valence-corrected chi connectivity index (χ0v) is 13.1. The molecule has 0 spiro atoms. The van der Waals surface area contributed by atoms with Gasteiger partial charge < -0.3 is 20.3 Å². The number of hydrogen-bond donors (Lipinski definition) is 2. The van der Waals surface area contributed by atoms with Gasteiger partial charge in [-0.3, -0.25) is 4.79 Å². The number of anilines is 1. The van der Waals surface area contributed by atoms with Crippen molar-refractivity contribution in [3.8, 4) is 5.75 Å². The van der Waals surface area contributed by atoms with E-state index in [-0.39, 0.29) is 11.8 Å². The van der Waals surface area contributed by atoms with Crippen molar-refractivity contribution in [2.75, 3.05) is 39.6 Å². The fraction of sp³-hybridized carbons (Fsp3) is 0.562. The molecule has 0 aliphatic carbocycles. The Morgan fingerprint density at radius 2 is 2.29 bits per heavy atom. The molecule has 5 heteroatoms. The number of benzene rings is 1. The number of amides is 1. The van der Waals surface area contributed by atoms with Crippen LogP contribution in [0.4, 0.5) is 5.69 Å². The smallest absolute Gasteiger partial charge is 0.228 e. The molecule has 1 aromatic rings. The molecule has 1 saturated heterocycles. The van der Waals surface area contributed by atoms with Gasteiger partial charge in [-0.25, -0.2) is 0 Å². The molecule has 21 heavy (non-hydrogen) atoms. The third-order valence-corrected chi connectivity index (χ3v) is 3.69. The Hall–Kier alpha value is -1.59. The Labute approximate surface area is 126 Å². The molecule has 0 saturated carbocycles. The zero-order chi connectivity index (χ0) is 15.2. The summed E-state index contributed by atoms with van der Waals surface area (Å²) in [7, 11) is 5.67. The first-order valence-electron chi connectivity index (χ1n) is 7.43. The number of rotatable bonds is 5. The molecule has 116 valence electrons. The average molecular weight is 291 g/mol. The monoisotopic (exact) mass is 291 g/mol. The topological polar surface area (TPSA) is 53.6 Å². The summed E-state index contributed by atoms with van der Waals surface area (Å²) < 4.78 is 5.35. The Bertz CT molecular complexity index is 482. The van der Waals surface area contributed by atoms with Crippen molar-refractivity contribution in [3.63, 3.8) is 0 Å². The van der Waals surface area contributed by atoms with Gasteiger partial charge in [-0.1, -0.05) is 6.07 Å². The maximum absolute atomic E-state index is 12.4. The molecule has 0 aromatic heterocycles. The van der Waals surface area contributed by atoms with E-state index in [1.54, 1.807) is 7.11 Å². The van der Waals surface area contributed by atoms with Gasteiger partial charge in [0, 0.05) is 13.1 Å². The van der Waals surface area contributed by atoms with E-state index in [2.05, 4.69) is 15.5 Å². The Balaban J connectivity index is 2.10. The Morgan fingerprint density at radius 3 is 2.90 bits per heavy atom. The van der Waals surface area contributed by atoms with Crippen molar-refractivity contribution in [1.29, 1.82) is 0 Å². The van der Waals surface area contributed by atoms with Crippen LogP contribution in [-0.2, 0) is 11.3 Å². The second kappa shape index (κ2) is 7.43. The second-order valence-corrected chi connectivity index (χ2v) is 5.80. The molecule has 1 fully saturated rings. The van der Waals surface area contributed by atoms with Gasteiger partial charge in [0.1, 0.15) is 5.75 Å². The van der Waals surface area contributed by atoms with E-state index < -0.39 is 0 Å². The lowest BCUT2D eigenvalue weighted by Crippen LogP contribution is -2.37. The second-order valence-electron chi connectivity index (χ2n) is 5.80. The molecular formula is C16H25N3O2. The highest BCUT2D eigenvalue weighted by atomic mass is 16.5. The number of nitrogens with one attached hydrogen (secondary N) is 2. The standard InChI is InChI=1S/C16H25N3O2/c1-19(2)11-12-6-7-15(21-3)14(9-12)18-16(20)13-5-4-8-17-10-13/h6-7,9,13,17H,4-5,8,10-11H2,1-3H3,(H,18,20)/t13-/m0/s1. The normalized spacial score (nSPS) is 18.6. The molecule has 1 amide bonds. The average Bonchev–Trinajstić information content (AvgIpc) is 2.48. The van der Waals surface area contributed by atoms with Crippen LogP contribution in [0.2, 0.25) is 0 Å². The third-order valence-electron chi connectivity index (χ3n) is 3.69. The van der Waals surface area contributed by atoms with Gasteiger partial charge in [0.15, 0.2) is 0 Å². The highest BCUT2D eigenvalue weighted by Gasteiger charge is 2.21. The van der Waals surface area contributed by atoms with E-state index in [0.29, 0.717) is 5.75 Å². The maximum atomic E-state index is 12.4. The van der Waals surface area contributed by atoms with Gasteiger partial charge in [-0.05, 0) is 51.2 Å². The van der Waals surface area contributed by atoms with Gasteiger partial charge in [-0.15, -0.1) is 0 Å². The number of piperidine rings is 1. The third kappa shape index (κ3) is 4.44. The summed E-state index contributed by atoms with van der Waals surface area (Å²) in [5.74, 6) is 0.818. The predicted octanol–water partition coefficient (Wildman–Crippen LogP) is 1.69. The molecular weight excluding hydrogens is 266 g/mol. The maximum Gasteiger partial charge on any atom is 0.228 e. The van der Waals surface area contributed by atoms with E-state index in [0.717, 1.165) is 43.7 Å². The molecule has 5 nitrogen and oxygen atoms in total. The van der Waals surface area contributed by atoms with Crippen molar-refractivity contribution in [3.05, 3.63) is 23.8 Å². The van der Waals surface area contributed by atoms with E-state index in [1.807, 2.05) is 32.3 Å². The van der Waals surface area contributed by atoms with Crippen molar-refractivity contribution in [2.24, 2.45) is 5.92 Å². The number of carbonyl (C=O) groups is 1. The SMILES string of the molecule is COc1ccc(CN(C)C)cc1NC(=O)[C@H]1CCCNC1.